The Labute approximate surface area is 130 Å². The maximum atomic E-state index is 13.5. The first kappa shape index (κ1) is 15.3. The molecule has 0 bridgehead atoms. The second-order valence-corrected chi connectivity index (χ2v) is 7.16. The monoisotopic (exact) mass is 310 g/mol. The van der Waals surface area contributed by atoms with Crippen LogP contribution in [0.2, 0.25) is 0 Å². The highest BCUT2D eigenvalue weighted by Gasteiger charge is 2.42. The third-order valence-electron chi connectivity index (χ3n) is 4.58. The van der Waals surface area contributed by atoms with Gasteiger partial charge in [0.25, 0.3) is 0 Å². The molecule has 1 N–H and O–H groups in total. The Morgan fingerprint density at radius 1 is 1.57 bits per heavy atom. The fraction of sp³-hybridized carbons (Fsp3) is 0.688. The van der Waals surface area contributed by atoms with Crippen LogP contribution in [0.5, 0.6) is 0 Å². The summed E-state index contributed by atoms with van der Waals surface area (Å²) in [5.74, 6) is 2.53. The molecule has 0 saturated carbocycles. The van der Waals surface area contributed by atoms with Crippen molar-refractivity contribution in [2.24, 2.45) is 5.92 Å². The van der Waals surface area contributed by atoms with Gasteiger partial charge in [-0.2, -0.15) is 11.8 Å². The average Bonchev–Trinajstić information content (AvgIpc) is 2.92. The van der Waals surface area contributed by atoms with Gasteiger partial charge in [0.15, 0.2) is 0 Å². The molecule has 21 heavy (non-hydrogen) atoms. The Bertz CT molecular complexity index is 479. The number of hydrogen-bond acceptors (Lipinski definition) is 4. The maximum absolute atomic E-state index is 13.5. The maximum Gasteiger partial charge on any atom is 0.141 e. The van der Waals surface area contributed by atoms with Crippen molar-refractivity contribution >= 4 is 11.8 Å². The molecule has 1 aromatic rings. The fourth-order valence-electron chi connectivity index (χ4n) is 3.59. The minimum Gasteiger partial charge on any atom is -0.374 e. The number of rotatable bonds is 4. The summed E-state index contributed by atoms with van der Waals surface area (Å²) in [4.78, 5) is 4.02. The van der Waals surface area contributed by atoms with Crippen LogP contribution < -0.4 is 5.32 Å². The van der Waals surface area contributed by atoms with Crippen LogP contribution in [0.15, 0.2) is 18.5 Å². The van der Waals surface area contributed by atoms with Gasteiger partial charge in [0.1, 0.15) is 5.82 Å². The van der Waals surface area contributed by atoms with Crippen LogP contribution in [-0.2, 0) is 4.74 Å². The molecular weight excluding hydrogens is 287 g/mol. The number of pyridine rings is 1. The molecule has 116 valence electrons. The number of hydrogen-bond donors (Lipinski definition) is 1. The predicted molar refractivity (Wildman–Crippen MR) is 84.0 cm³/mol. The van der Waals surface area contributed by atoms with Gasteiger partial charge in [-0.25, -0.2) is 4.39 Å². The van der Waals surface area contributed by atoms with Crippen molar-refractivity contribution in [1.82, 2.24) is 10.3 Å². The van der Waals surface area contributed by atoms with Crippen molar-refractivity contribution in [3.05, 3.63) is 29.8 Å². The minimum atomic E-state index is -0.256. The van der Waals surface area contributed by atoms with E-state index in [1.165, 1.54) is 11.9 Å². The summed E-state index contributed by atoms with van der Waals surface area (Å²) in [5, 5.41) is 3.53. The molecule has 5 heteroatoms. The molecule has 2 aliphatic rings. The van der Waals surface area contributed by atoms with Crippen LogP contribution in [0, 0.1) is 11.7 Å². The zero-order valence-electron chi connectivity index (χ0n) is 12.5. The van der Waals surface area contributed by atoms with Crippen molar-refractivity contribution in [2.45, 2.75) is 37.8 Å². The molecule has 3 heterocycles. The second-order valence-electron chi connectivity index (χ2n) is 6.06. The van der Waals surface area contributed by atoms with Crippen LogP contribution in [0.1, 0.15) is 37.8 Å². The molecule has 0 aliphatic carbocycles. The Morgan fingerprint density at radius 2 is 2.48 bits per heavy atom. The number of ether oxygens (including phenoxy) is 1. The van der Waals surface area contributed by atoms with Gasteiger partial charge in [0.2, 0.25) is 0 Å². The van der Waals surface area contributed by atoms with Gasteiger partial charge in [-0.05, 0) is 49.1 Å². The first-order valence-electron chi connectivity index (χ1n) is 7.78. The van der Waals surface area contributed by atoms with E-state index in [0.29, 0.717) is 5.92 Å². The summed E-state index contributed by atoms with van der Waals surface area (Å²) in [6.07, 6.45) is 6.30. The van der Waals surface area contributed by atoms with Crippen LogP contribution >= 0.6 is 11.8 Å². The van der Waals surface area contributed by atoms with Gasteiger partial charge >= 0.3 is 0 Å². The fourth-order valence-corrected chi connectivity index (χ4v) is 4.97. The molecule has 3 unspecified atom stereocenters. The van der Waals surface area contributed by atoms with E-state index < -0.39 is 0 Å². The Balaban J connectivity index is 1.80. The average molecular weight is 310 g/mol. The standard InChI is InChI=1S/C16H23FN2OS/c1-2-19-15(13-7-14(17)10-18-9-13)12-3-5-20-16(8-12)4-6-21-11-16/h7,9-10,12,15,19H,2-6,8,11H2,1H3. The Hall–Kier alpha value is -0.650. The first-order valence-corrected chi connectivity index (χ1v) is 8.93. The lowest BCUT2D eigenvalue weighted by atomic mass is 9.79. The summed E-state index contributed by atoms with van der Waals surface area (Å²) >= 11 is 1.99. The largest absolute Gasteiger partial charge is 0.374 e. The lowest BCUT2D eigenvalue weighted by Gasteiger charge is -2.41. The number of aromatic nitrogens is 1. The molecule has 2 fully saturated rings. The van der Waals surface area contributed by atoms with Gasteiger partial charge < -0.3 is 10.1 Å². The van der Waals surface area contributed by atoms with Gasteiger partial charge in [-0.3, -0.25) is 4.98 Å². The summed E-state index contributed by atoms with van der Waals surface area (Å²) in [7, 11) is 0. The summed E-state index contributed by atoms with van der Waals surface area (Å²) < 4.78 is 19.6. The quantitative estimate of drug-likeness (QED) is 0.926. The molecule has 2 saturated heterocycles. The van der Waals surface area contributed by atoms with Crippen LogP contribution in [-0.4, -0.2) is 35.2 Å². The number of nitrogens with one attached hydrogen (secondary N) is 1. The van der Waals surface area contributed by atoms with Gasteiger partial charge in [-0.1, -0.05) is 6.92 Å². The second kappa shape index (κ2) is 6.63. The number of halogens is 1. The lowest BCUT2D eigenvalue weighted by Crippen LogP contribution is -2.43. The molecule has 1 spiro atoms. The topological polar surface area (TPSA) is 34.2 Å². The van der Waals surface area contributed by atoms with Crippen LogP contribution in [0.25, 0.3) is 0 Å². The summed E-state index contributed by atoms with van der Waals surface area (Å²) in [6.45, 7) is 3.79. The van der Waals surface area contributed by atoms with Gasteiger partial charge in [0, 0.05) is 24.6 Å². The highest BCUT2D eigenvalue weighted by molar-refractivity contribution is 7.99. The van der Waals surface area contributed by atoms with Crippen LogP contribution in [0.3, 0.4) is 0 Å². The predicted octanol–water partition coefficient (Wildman–Crippen LogP) is 3.17. The van der Waals surface area contributed by atoms with Crippen LogP contribution in [0.4, 0.5) is 4.39 Å². The molecule has 0 aromatic carbocycles. The van der Waals surface area contributed by atoms with E-state index in [-0.39, 0.29) is 17.5 Å². The molecule has 1 aromatic heterocycles. The molecule has 2 aliphatic heterocycles. The zero-order valence-corrected chi connectivity index (χ0v) is 13.3. The van der Waals surface area contributed by atoms with E-state index in [9.17, 15) is 4.39 Å². The molecule has 3 nitrogen and oxygen atoms in total. The first-order chi connectivity index (χ1) is 10.2. The van der Waals surface area contributed by atoms with E-state index in [2.05, 4.69) is 17.2 Å². The Kier molecular flexibility index (Phi) is 4.82. The zero-order chi connectivity index (χ0) is 14.7. The summed E-state index contributed by atoms with van der Waals surface area (Å²) in [5.41, 5.74) is 1.02. The smallest absolute Gasteiger partial charge is 0.141 e. The van der Waals surface area contributed by atoms with E-state index in [4.69, 9.17) is 4.74 Å². The van der Waals surface area contributed by atoms with Crippen molar-refractivity contribution in [1.29, 1.82) is 0 Å². The molecule has 0 radical (unpaired) electrons. The third kappa shape index (κ3) is 3.41. The van der Waals surface area contributed by atoms with E-state index in [1.54, 1.807) is 12.3 Å². The third-order valence-corrected chi connectivity index (χ3v) is 5.80. The molecule has 3 atom stereocenters. The van der Waals surface area contributed by atoms with Crippen molar-refractivity contribution in [2.75, 3.05) is 24.7 Å². The van der Waals surface area contributed by atoms with E-state index in [0.717, 1.165) is 43.7 Å². The van der Waals surface area contributed by atoms with Crippen molar-refractivity contribution in [3.8, 4) is 0 Å². The van der Waals surface area contributed by atoms with E-state index >= 15 is 0 Å². The minimum absolute atomic E-state index is 0.0575. The molecule has 0 amide bonds. The van der Waals surface area contributed by atoms with Gasteiger partial charge in [0.05, 0.1) is 11.8 Å². The molecular formula is C16H23FN2OS. The van der Waals surface area contributed by atoms with Crippen molar-refractivity contribution < 1.29 is 9.13 Å². The highest BCUT2D eigenvalue weighted by Crippen LogP contribution is 2.43. The van der Waals surface area contributed by atoms with Gasteiger partial charge in [-0.15, -0.1) is 0 Å². The summed E-state index contributed by atoms with van der Waals surface area (Å²) in [6, 6.07) is 1.79. The number of thioether (sulfide) groups is 1. The number of nitrogens with zero attached hydrogens (tertiary/aromatic N) is 1. The SMILES string of the molecule is CCNC(c1cncc(F)c1)C1CCOC2(CCSC2)C1. The van der Waals surface area contributed by atoms with E-state index in [1.807, 2.05) is 11.8 Å². The lowest BCUT2D eigenvalue weighted by molar-refractivity contribution is -0.0853. The van der Waals surface area contributed by atoms with Crippen molar-refractivity contribution in [3.63, 3.8) is 0 Å². The Morgan fingerprint density at radius 3 is 3.19 bits per heavy atom. The normalized spacial score (nSPS) is 30.7. The highest BCUT2D eigenvalue weighted by atomic mass is 32.2. The molecule has 3 rings (SSSR count).